The first-order valence-corrected chi connectivity index (χ1v) is 6.72. The van der Waals surface area contributed by atoms with Gasteiger partial charge in [-0.05, 0) is 26.9 Å². The minimum absolute atomic E-state index is 0.113. The Hall–Kier alpha value is -0.610. The Bertz CT molecular complexity index is 207. The van der Waals surface area contributed by atoms with E-state index in [2.05, 4.69) is 18.7 Å². The predicted octanol–water partition coefficient (Wildman–Crippen LogP) is 1.30. The summed E-state index contributed by atoms with van der Waals surface area (Å²) in [5.41, 5.74) is 5.94. The van der Waals surface area contributed by atoms with Gasteiger partial charge in [0.1, 0.15) is 0 Å². The van der Waals surface area contributed by atoms with E-state index in [1.807, 2.05) is 19.0 Å². The summed E-state index contributed by atoms with van der Waals surface area (Å²) in [5.74, 6) is 0.113. The van der Waals surface area contributed by atoms with Crippen LogP contribution in [-0.4, -0.2) is 55.5 Å². The second kappa shape index (κ2) is 9.42. The van der Waals surface area contributed by atoms with Crippen molar-refractivity contribution < 1.29 is 4.79 Å². The first-order valence-electron chi connectivity index (χ1n) is 6.72. The van der Waals surface area contributed by atoms with Crippen LogP contribution in [0.1, 0.15) is 39.5 Å². The van der Waals surface area contributed by atoms with Gasteiger partial charge in [0.15, 0.2) is 0 Å². The molecule has 102 valence electrons. The molecule has 0 aliphatic carbocycles. The van der Waals surface area contributed by atoms with E-state index < -0.39 is 0 Å². The summed E-state index contributed by atoms with van der Waals surface area (Å²) in [6, 6.07) is -0.316. The van der Waals surface area contributed by atoms with Crippen molar-refractivity contribution >= 4 is 5.91 Å². The Morgan fingerprint density at radius 1 is 1.12 bits per heavy atom. The summed E-state index contributed by atoms with van der Waals surface area (Å²) < 4.78 is 0. The molecule has 4 nitrogen and oxygen atoms in total. The van der Waals surface area contributed by atoms with Crippen molar-refractivity contribution in [2.45, 2.75) is 45.6 Å². The number of carbonyl (C=O) groups is 1. The number of nitrogens with zero attached hydrogens (tertiary/aromatic N) is 2. The highest BCUT2D eigenvalue weighted by atomic mass is 16.2. The lowest BCUT2D eigenvalue weighted by Crippen LogP contribution is -2.46. The summed E-state index contributed by atoms with van der Waals surface area (Å²) in [6.45, 7) is 6.69. The predicted molar refractivity (Wildman–Crippen MR) is 72.9 cm³/mol. The van der Waals surface area contributed by atoms with Gasteiger partial charge in [-0.3, -0.25) is 4.79 Å². The monoisotopic (exact) mass is 243 g/mol. The van der Waals surface area contributed by atoms with Crippen molar-refractivity contribution in [2.75, 3.05) is 33.7 Å². The van der Waals surface area contributed by atoms with Gasteiger partial charge in [0, 0.05) is 19.6 Å². The molecule has 0 spiro atoms. The molecule has 0 heterocycles. The smallest absolute Gasteiger partial charge is 0.239 e. The number of amides is 1. The molecule has 0 rings (SSSR count). The Kier molecular flexibility index (Phi) is 9.09. The molecule has 4 heteroatoms. The van der Waals surface area contributed by atoms with Crippen molar-refractivity contribution in [3.8, 4) is 0 Å². The summed E-state index contributed by atoms with van der Waals surface area (Å²) in [6.07, 6.45) is 3.91. The third-order valence-electron chi connectivity index (χ3n) is 2.81. The van der Waals surface area contributed by atoms with Crippen LogP contribution < -0.4 is 5.73 Å². The van der Waals surface area contributed by atoms with Crippen molar-refractivity contribution in [2.24, 2.45) is 5.73 Å². The lowest BCUT2D eigenvalue weighted by Gasteiger charge is -2.26. The standard InChI is InChI=1S/C13H29N3O/c1-5-7-8-12(14)13(17)16(9-6-2)11-10-15(3)4/h12H,5-11,14H2,1-4H3. The number of carbonyl (C=O) groups excluding carboxylic acids is 1. The summed E-state index contributed by atoms with van der Waals surface area (Å²) in [5, 5.41) is 0. The SMILES string of the molecule is CCCCC(N)C(=O)N(CCC)CCN(C)C. The lowest BCUT2D eigenvalue weighted by molar-refractivity contribution is -0.133. The molecule has 0 saturated heterocycles. The first kappa shape index (κ1) is 16.4. The van der Waals surface area contributed by atoms with Crippen molar-refractivity contribution in [1.29, 1.82) is 0 Å². The number of likely N-dealkylation sites (N-methyl/N-ethyl adjacent to an activating group) is 1. The van der Waals surface area contributed by atoms with E-state index in [4.69, 9.17) is 5.73 Å². The van der Waals surface area contributed by atoms with Crippen LogP contribution in [0.4, 0.5) is 0 Å². The lowest BCUT2D eigenvalue weighted by atomic mass is 10.1. The van der Waals surface area contributed by atoms with E-state index in [9.17, 15) is 4.79 Å². The summed E-state index contributed by atoms with van der Waals surface area (Å²) >= 11 is 0. The van der Waals surface area contributed by atoms with Gasteiger partial charge >= 0.3 is 0 Å². The molecular weight excluding hydrogens is 214 g/mol. The van der Waals surface area contributed by atoms with Crippen LogP contribution in [0.5, 0.6) is 0 Å². The second-order valence-corrected chi connectivity index (χ2v) is 4.88. The van der Waals surface area contributed by atoms with Crippen LogP contribution in [0.2, 0.25) is 0 Å². The molecule has 0 fully saturated rings. The van der Waals surface area contributed by atoms with Crippen molar-refractivity contribution in [3.05, 3.63) is 0 Å². The van der Waals surface area contributed by atoms with Crippen LogP contribution in [0.25, 0.3) is 0 Å². The third-order valence-corrected chi connectivity index (χ3v) is 2.81. The van der Waals surface area contributed by atoms with Gasteiger partial charge in [-0.1, -0.05) is 26.7 Å². The molecular formula is C13H29N3O. The largest absolute Gasteiger partial charge is 0.340 e. The van der Waals surface area contributed by atoms with Crippen LogP contribution in [0, 0.1) is 0 Å². The number of hydrogen-bond donors (Lipinski definition) is 1. The Morgan fingerprint density at radius 2 is 1.76 bits per heavy atom. The quantitative estimate of drug-likeness (QED) is 0.664. The van der Waals surface area contributed by atoms with E-state index in [0.717, 1.165) is 45.3 Å². The zero-order valence-electron chi connectivity index (χ0n) is 11.9. The maximum atomic E-state index is 12.1. The fourth-order valence-electron chi connectivity index (χ4n) is 1.70. The maximum Gasteiger partial charge on any atom is 0.239 e. The molecule has 0 aliphatic heterocycles. The van der Waals surface area contributed by atoms with Gasteiger partial charge in [-0.25, -0.2) is 0 Å². The molecule has 2 N–H and O–H groups in total. The zero-order valence-corrected chi connectivity index (χ0v) is 11.9. The molecule has 17 heavy (non-hydrogen) atoms. The summed E-state index contributed by atoms with van der Waals surface area (Å²) in [4.78, 5) is 16.1. The zero-order chi connectivity index (χ0) is 13.3. The fraction of sp³-hybridized carbons (Fsp3) is 0.923. The van der Waals surface area contributed by atoms with Crippen LogP contribution >= 0.6 is 0 Å². The average Bonchev–Trinajstić information content (AvgIpc) is 2.30. The van der Waals surface area contributed by atoms with Crippen LogP contribution in [0.15, 0.2) is 0 Å². The average molecular weight is 243 g/mol. The minimum atomic E-state index is -0.316. The molecule has 0 radical (unpaired) electrons. The number of nitrogens with two attached hydrogens (primary N) is 1. The van der Waals surface area contributed by atoms with Crippen molar-refractivity contribution in [1.82, 2.24) is 9.80 Å². The van der Waals surface area contributed by atoms with E-state index in [0.29, 0.717) is 0 Å². The molecule has 1 amide bonds. The highest BCUT2D eigenvalue weighted by Crippen LogP contribution is 2.03. The molecule has 0 aromatic carbocycles. The summed E-state index contributed by atoms with van der Waals surface area (Å²) in [7, 11) is 4.04. The minimum Gasteiger partial charge on any atom is -0.340 e. The molecule has 0 aromatic heterocycles. The second-order valence-electron chi connectivity index (χ2n) is 4.88. The van der Waals surface area contributed by atoms with Gasteiger partial charge < -0.3 is 15.5 Å². The highest BCUT2D eigenvalue weighted by Gasteiger charge is 2.19. The molecule has 0 saturated carbocycles. The van der Waals surface area contributed by atoms with Crippen LogP contribution in [0.3, 0.4) is 0 Å². The molecule has 1 unspecified atom stereocenters. The Balaban J connectivity index is 4.21. The van der Waals surface area contributed by atoms with E-state index in [1.165, 1.54) is 0 Å². The number of hydrogen-bond acceptors (Lipinski definition) is 3. The normalized spacial score (nSPS) is 12.8. The highest BCUT2D eigenvalue weighted by molar-refractivity contribution is 5.81. The Morgan fingerprint density at radius 3 is 2.24 bits per heavy atom. The van der Waals surface area contributed by atoms with E-state index in [-0.39, 0.29) is 11.9 Å². The van der Waals surface area contributed by atoms with E-state index >= 15 is 0 Å². The fourth-order valence-corrected chi connectivity index (χ4v) is 1.70. The third kappa shape index (κ3) is 7.34. The van der Waals surface area contributed by atoms with Gasteiger partial charge in [-0.2, -0.15) is 0 Å². The van der Waals surface area contributed by atoms with Gasteiger partial charge in [0.2, 0.25) is 5.91 Å². The number of rotatable bonds is 9. The first-order chi connectivity index (χ1) is 8.02. The molecule has 0 aliphatic rings. The number of unbranched alkanes of at least 4 members (excludes halogenated alkanes) is 1. The van der Waals surface area contributed by atoms with Gasteiger partial charge in [-0.15, -0.1) is 0 Å². The molecule has 0 bridgehead atoms. The van der Waals surface area contributed by atoms with Crippen molar-refractivity contribution in [3.63, 3.8) is 0 Å². The maximum absolute atomic E-state index is 12.1. The molecule has 1 atom stereocenters. The molecule has 0 aromatic rings. The van der Waals surface area contributed by atoms with E-state index in [1.54, 1.807) is 0 Å². The Labute approximate surface area is 106 Å². The van der Waals surface area contributed by atoms with Gasteiger partial charge in [0.05, 0.1) is 6.04 Å². The van der Waals surface area contributed by atoms with Crippen LogP contribution in [-0.2, 0) is 4.79 Å². The topological polar surface area (TPSA) is 49.6 Å². The van der Waals surface area contributed by atoms with Gasteiger partial charge in [0.25, 0.3) is 0 Å².